The molecule has 2 unspecified atom stereocenters. The Balaban J connectivity index is 2.00. The lowest BCUT2D eigenvalue weighted by Crippen LogP contribution is -2.48. The Morgan fingerprint density at radius 2 is 2.15 bits per heavy atom. The minimum Gasteiger partial charge on any atom is -0.354 e. The van der Waals surface area contributed by atoms with Crippen molar-refractivity contribution in [1.29, 1.82) is 0 Å². The maximum atomic E-state index is 11.1. The molecule has 2 atom stereocenters. The van der Waals surface area contributed by atoms with Crippen molar-refractivity contribution >= 4 is 28.8 Å². The van der Waals surface area contributed by atoms with E-state index in [4.69, 9.17) is 17.3 Å². The van der Waals surface area contributed by atoms with Gasteiger partial charge in [0.25, 0.3) is 0 Å². The number of thiophene rings is 1. The molecule has 1 saturated heterocycles. The number of halogens is 1. The van der Waals surface area contributed by atoms with E-state index in [9.17, 15) is 4.79 Å². The molecule has 0 saturated carbocycles. The van der Waals surface area contributed by atoms with Crippen LogP contribution in [0.5, 0.6) is 0 Å². The summed E-state index contributed by atoms with van der Waals surface area (Å²) in [5, 5.41) is 3.00. The summed E-state index contributed by atoms with van der Waals surface area (Å²) >= 11 is 7.64. The number of hydrogen-bond donors (Lipinski definition) is 2. The van der Waals surface area contributed by atoms with E-state index in [0.717, 1.165) is 30.3 Å². The summed E-state index contributed by atoms with van der Waals surface area (Å²) in [7, 11) is 0. The summed E-state index contributed by atoms with van der Waals surface area (Å²) in [6.07, 6.45) is 1.95. The first kappa shape index (κ1) is 15.8. The van der Waals surface area contributed by atoms with E-state index >= 15 is 0 Å². The first-order valence-electron chi connectivity index (χ1n) is 6.99. The van der Waals surface area contributed by atoms with Gasteiger partial charge < -0.3 is 11.1 Å². The number of rotatable bonds is 4. The van der Waals surface area contributed by atoms with Crippen molar-refractivity contribution in [3.05, 3.63) is 21.3 Å². The second kappa shape index (κ2) is 6.89. The Morgan fingerprint density at radius 1 is 1.50 bits per heavy atom. The zero-order chi connectivity index (χ0) is 14.7. The molecule has 4 nitrogen and oxygen atoms in total. The minimum atomic E-state index is 0.0530. The van der Waals surface area contributed by atoms with Crippen LogP contribution in [0.25, 0.3) is 0 Å². The number of hydrogen-bond acceptors (Lipinski definition) is 4. The number of amides is 1. The summed E-state index contributed by atoms with van der Waals surface area (Å²) in [5.41, 5.74) is 6.18. The molecule has 0 aromatic carbocycles. The highest BCUT2D eigenvalue weighted by Crippen LogP contribution is 2.33. The van der Waals surface area contributed by atoms with Crippen LogP contribution in [0.3, 0.4) is 0 Å². The van der Waals surface area contributed by atoms with Gasteiger partial charge in [-0.3, -0.25) is 9.69 Å². The maximum absolute atomic E-state index is 11.1. The highest BCUT2D eigenvalue weighted by molar-refractivity contribution is 7.16. The molecule has 1 aromatic rings. The summed E-state index contributed by atoms with van der Waals surface area (Å²) < 4.78 is 0.804. The van der Waals surface area contributed by atoms with Gasteiger partial charge in [0.1, 0.15) is 0 Å². The molecule has 1 fully saturated rings. The second-order valence-corrected chi connectivity index (χ2v) is 7.20. The minimum absolute atomic E-state index is 0.0530. The lowest BCUT2D eigenvalue weighted by Gasteiger charge is -2.39. The average molecular weight is 316 g/mol. The van der Waals surface area contributed by atoms with Crippen LogP contribution in [0.2, 0.25) is 4.34 Å². The normalized spacial score (nSPS) is 20.6. The van der Waals surface area contributed by atoms with Gasteiger partial charge in [-0.1, -0.05) is 11.6 Å². The SMILES string of the molecule is CC(=O)NC1CCN(C(c2ccc(Cl)s2)C(C)N)CC1. The Bertz CT molecular complexity index is 455. The summed E-state index contributed by atoms with van der Waals surface area (Å²) in [6, 6.07) is 4.57. The van der Waals surface area contributed by atoms with Crippen LogP contribution in [0.1, 0.15) is 37.6 Å². The zero-order valence-electron chi connectivity index (χ0n) is 11.9. The predicted octanol–water partition coefficient (Wildman–Crippen LogP) is 2.39. The van der Waals surface area contributed by atoms with E-state index in [1.54, 1.807) is 18.3 Å². The van der Waals surface area contributed by atoms with E-state index in [-0.39, 0.29) is 18.0 Å². The number of likely N-dealkylation sites (tertiary alicyclic amines) is 1. The van der Waals surface area contributed by atoms with Crippen molar-refractivity contribution in [1.82, 2.24) is 10.2 Å². The maximum Gasteiger partial charge on any atom is 0.217 e. The average Bonchev–Trinajstić information content (AvgIpc) is 2.77. The van der Waals surface area contributed by atoms with E-state index in [1.165, 1.54) is 4.88 Å². The fourth-order valence-electron chi connectivity index (χ4n) is 2.87. The van der Waals surface area contributed by atoms with Gasteiger partial charge in [0, 0.05) is 37.0 Å². The predicted molar refractivity (Wildman–Crippen MR) is 84.1 cm³/mol. The van der Waals surface area contributed by atoms with Crippen molar-refractivity contribution < 1.29 is 4.79 Å². The van der Waals surface area contributed by atoms with E-state index in [0.29, 0.717) is 6.04 Å². The van der Waals surface area contributed by atoms with Crippen LogP contribution in [0.15, 0.2) is 12.1 Å². The Kier molecular flexibility index (Phi) is 5.43. The third kappa shape index (κ3) is 3.95. The Hall–Kier alpha value is -0.620. The molecule has 0 spiro atoms. The monoisotopic (exact) mass is 315 g/mol. The highest BCUT2D eigenvalue weighted by Gasteiger charge is 2.29. The summed E-state index contributed by atoms with van der Waals surface area (Å²) in [5.74, 6) is 0.0530. The third-order valence-electron chi connectivity index (χ3n) is 3.71. The molecule has 112 valence electrons. The van der Waals surface area contributed by atoms with Crippen LogP contribution in [0, 0.1) is 0 Å². The molecule has 1 amide bonds. The fraction of sp³-hybridized carbons (Fsp3) is 0.643. The van der Waals surface area contributed by atoms with Crippen molar-refractivity contribution in [3.63, 3.8) is 0 Å². The van der Waals surface area contributed by atoms with Crippen LogP contribution < -0.4 is 11.1 Å². The van der Waals surface area contributed by atoms with E-state index in [1.807, 2.05) is 13.0 Å². The van der Waals surface area contributed by atoms with Crippen molar-refractivity contribution in [2.24, 2.45) is 5.73 Å². The number of nitrogens with two attached hydrogens (primary N) is 1. The van der Waals surface area contributed by atoms with Crippen LogP contribution in [-0.4, -0.2) is 36.0 Å². The van der Waals surface area contributed by atoms with Crippen LogP contribution >= 0.6 is 22.9 Å². The molecule has 2 heterocycles. The largest absolute Gasteiger partial charge is 0.354 e. The summed E-state index contributed by atoms with van der Waals surface area (Å²) in [6.45, 7) is 5.52. The molecular formula is C14H22ClN3OS. The Labute approximate surface area is 129 Å². The smallest absolute Gasteiger partial charge is 0.217 e. The molecule has 1 aromatic heterocycles. The fourth-order valence-corrected chi connectivity index (χ4v) is 4.18. The van der Waals surface area contributed by atoms with Crippen molar-refractivity contribution in [3.8, 4) is 0 Å². The van der Waals surface area contributed by atoms with Crippen molar-refractivity contribution in [2.75, 3.05) is 13.1 Å². The van der Waals surface area contributed by atoms with Gasteiger partial charge in [-0.15, -0.1) is 11.3 Å². The molecule has 3 N–H and O–H groups in total. The van der Waals surface area contributed by atoms with Gasteiger partial charge in [0.2, 0.25) is 5.91 Å². The molecule has 2 rings (SSSR count). The number of piperidine rings is 1. The van der Waals surface area contributed by atoms with Gasteiger partial charge in [-0.25, -0.2) is 0 Å². The number of nitrogens with one attached hydrogen (secondary N) is 1. The lowest BCUT2D eigenvalue weighted by atomic mass is 9.99. The summed E-state index contributed by atoms with van der Waals surface area (Å²) in [4.78, 5) is 14.7. The van der Waals surface area contributed by atoms with Gasteiger partial charge in [0.05, 0.1) is 10.4 Å². The third-order valence-corrected chi connectivity index (χ3v) is 5.02. The standard InChI is InChI=1S/C14H22ClN3OS/c1-9(16)14(12-3-4-13(15)20-12)18-7-5-11(6-8-18)17-10(2)19/h3-4,9,11,14H,5-8,16H2,1-2H3,(H,17,19). The second-order valence-electron chi connectivity index (χ2n) is 5.46. The van der Waals surface area contributed by atoms with Gasteiger partial charge in [-0.05, 0) is 31.9 Å². The van der Waals surface area contributed by atoms with Gasteiger partial charge >= 0.3 is 0 Å². The highest BCUT2D eigenvalue weighted by atomic mass is 35.5. The molecule has 0 radical (unpaired) electrons. The van der Waals surface area contributed by atoms with E-state index in [2.05, 4.69) is 16.3 Å². The molecule has 6 heteroatoms. The molecule has 0 aliphatic carbocycles. The molecule has 1 aliphatic rings. The lowest BCUT2D eigenvalue weighted by molar-refractivity contribution is -0.120. The van der Waals surface area contributed by atoms with E-state index < -0.39 is 0 Å². The number of carbonyl (C=O) groups is 1. The van der Waals surface area contributed by atoms with Crippen LogP contribution in [-0.2, 0) is 4.79 Å². The van der Waals surface area contributed by atoms with Crippen molar-refractivity contribution in [2.45, 2.75) is 44.8 Å². The molecule has 20 heavy (non-hydrogen) atoms. The molecule has 1 aliphatic heterocycles. The topological polar surface area (TPSA) is 58.4 Å². The molecular weight excluding hydrogens is 294 g/mol. The number of carbonyl (C=O) groups excluding carboxylic acids is 1. The zero-order valence-corrected chi connectivity index (χ0v) is 13.5. The first-order chi connectivity index (χ1) is 9.47. The van der Waals surface area contributed by atoms with Gasteiger partial charge in [0.15, 0.2) is 0 Å². The Morgan fingerprint density at radius 3 is 2.60 bits per heavy atom. The van der Waals surface area contributed by atoms with Crippen LogP contribution in [0.4, 0.5) is 0 Å². The quantitative estimate of drug-likeness (QED) is 0.897. The van der Waals surface area contributed by atoms with Gasteiger partial charge in [-0.2, -0.15) is 0 Å². The molecule has 0 bridgehead atoms. The first-order valence-corrected chi connectivity index (χ1v) is 8.19. The number of nitrogens with zero attached hydrogens (tertiary/aromatic N) is 1.